The lowest BCUT2D eigenvalue weighted by atomic mass is 10.2. The lowest BCUT2D eigenvalue weighted by molar-refractivity contribution is -0.115. The molecule has 2 aromatic rings. The number of hydrogen-bond donors (Lipinski definition) is 1. The minimum Gasteiger partial charge on any atom is -0.494 e. The monoisotopic (exact) mass is 352 g/mol. The van der Waals surface area contributed by atoms with Crippen LogP contribution in [0, 0.1) is 0 Å². The Hall–Kier alpha value is -2.66. The summed E-state index contributed by atoms with van der Waals surface area (Å²) in [6.07, 6.45) is 4.18. The summed E-state index contributed by atoms with van der Waals surface area (Å²) in [5.74, 6) is 0.584. The highest BCUT2D eigenvalue weighted by Gasteiger charge is 2.22. The topological polar surface area (TPSA) is 41.6 Å². The SMILES string of the molecule is CCOc1ccc(/C=C/C(=O)NC(=S)N2CCc3ccccc32)cc1. The van der Waals surface area contributed by atoms with Crippen molar-refractivity contribution in [1.82, 2.24) is 5.32 Å². The lowest BCUT2D eigenvalue weighted by Crippen LogP contribution is -2.41. The number of carbonyl (C=O) groups is 1. The molecular formula is C20H20N2O2S. The number of anilines is 1. The van der Waals surface area contributed by atoms with Gasteiger partial charge in [-0.2, -0.15) is 0 Å². The van der Waals surface area contributed by atoms with E-state index in [4.69, 9.17) is 17.0 Å². The predicted molar refractivity (Wildman–Crippen MR) is 105 cm³/mol. The number of nitrogens with zero attached hydrogens (tertiary/aromatic N) is 1. The second kappa shape index (κ2) is 7.94. The Bertz CT molecular complexity index is 800. The van der Waals surface area contributed by atoms with Crippen molar-refractivity contribution in [2.75, 3.05) is 18.1 Å². The second-order valence-electron chi connectivity index (χ2n) is 5.66. The highest BCUT2D eigenvalue weighted by molar-refractivity contribution is 7.80. The Balaban J connectivity index is 1.58. The number of amides is 1. The summed E-state index contributed by atoms with van der Waals surface area (Å²) in [7, 11) is 0. The van der Waals surface area contributed by atoms with Gasteiger partial charge in [-0.05, 0) is 61.0 Å². The van der Waals surface area contributed by atoms with E-state index in [1.54, 1.807) is 6.08 Å². The molecule has 25 heavy (non-hydrogen) atoms. The van der Waals surface area contributed by atoms with Crippen LogP contribution < -0.4 is 15.0 Å². The van der Waals surface area contributed by atoms with Gasteiger partial charge in [0.1, 0.15) is 5.75 Å². The molecule has 1 heterocycles. The van der Waals surface area contributed by atoms with Crippen LogP contribution in [0.2, 0.25) is 0 Å². The zero-order chi connectivity index (χ0) is 17.6. The number of carbonyl (C=O) groups excluding carboxylic acids is 1. The molecule has 5 heteroatoms. The number of hydrogen-bond acceptors (Lipinski definition) is 3. The van der Waals surface area contributed by atoms with Gasteiger partial charge in [-0.1, -0.05) is 30.3 Å². The van der Waals surface area contributed by atoms with Crippen LogP contribution in [-0.2, 0) is 11.2 Å². The van der Waals surface area contributed by atoms with Gasteiger partial charge in [-0.15, -0.1) is 0 Å². The largest absolute Gasteiger partial charge is 0.494 e. The van der Waals surface area contributed by atoms with Crippen molar-refractivity contribution in [3.05, 3.63) is 65.7 Å². The Morgan fingerprint density at radius 1 is 1.24 bits per heavy atom. The number of rotatable bonds is 4. The number of thiocarbonyl (C=S) groups is 1. The van der Waals surface area contributed by atoms with Gasteiger partial charge in [0.25, 0.3) is 0 Å². The van der Waals surface area contributed by atoms with Gasteiger partial charge < -0.3 is 9.64 Å². The van der Waals surface area contributed by atoms with Crippen LogP contribution in [0.15, 0.2) is 54.6 Å². The molecule has 1 aliphatic rings. The van der Waals surface area contributed by atoms with Crippen LogP contribution in [0.3, 0.4) is 0 Å². The van der Waals surface area contributed by atoms with E-state index < -0.39 is 0 Å². The molecule has 4 nitrogen and oxygen atoms in total. The first-order chi connectivity index (χ1) is 12.2. The number of benzene rings is 2. The Labute approximate surface area is 153 Å². The fourth-order valence-corrected chi connectivity index (χ4v) is 3.07. The zero-order valence-electron chi connectivity index (χ0n) is 14.1. The lowest BCUT2D eigenvalue weighted by Gasteiger charge is -2.19. The summed E-state index contributed by atoms with van der Waals surface area (Å²) >= 11 is 5.39. The Kier molecular flexibility index (Phi) is 5.46. The Morgan fingerprint density at radius 2 is 2.00 bits per heavy atom. The molecule has 1 amide bonds. The molecule has 2 aromatic carbocycles. The summed E-state index contributed by atoms with van der Waals surface area (Å²) in [6, 6.07) is 15.7. The van der Waals surface area contributed by atoms with E-state index in [1.807, 2.05) is 54.3 Å². The van der Waals surface area contributed by atoms with E-state index in [9.17, 15) is 4.79 Å². The van der Waals surface area contributed by atoms with Gasteiger partial charge in [0.05, 0.1) is 6.61 Å². The third-order valence-electron chi connectivity index (χ3n) is 3.98. The molecule has 0 saturated carbocycles. The van der Waals surface area contributed by atoms with Gasteiger partial charge >= 0.3 is 0 Å². The first-order valence-electron chi connectivity index (χ1n) is 8.28. The van der Waals surface area contributed by atoms with Crippen LogP contribution in [0.4, 0.5) is 5.69 Å². The maximum absolute atomic E-state index is 12.1. The minimum absolute atomic E-state index is 0.233. The summed E-state index contributed by atoms with van der Waals surface area (Å²) in [5.41, 5.74) is 3.25. The van der Waals surface area contributed by atoms with Crippen LogP contribution >= 0.6 is 12.2 Å². The molecule has 0 spiro atoms. The molecule has 3 rings (SSSR count). The summed E-state index contributed by atoms with van der Waals surface area (Å²) in [5, 5.41) is 3.21. The minimum atomic E-state index is -0.233. The average Bonchev–Trinajstić information content (AvgIpc) is 3.05. The quantitative estimate of drug-likeness (QED) is 0.675. The fraction of sp³-hybridized carbons (Fsp3) is 0.200. The van der Waals surface area contributed by atoms with E-state index in [0.29, 0.717) is 11.7 Å². The van der Waals surface area contributed by atoms with Crippen LogP contribution in [0.5, 0.6) is 5.75 Å². The second-order valence-corrected chi connectivity index (χ2v) is 6.05. The number of nitrogens with one attached hydrogen (secondary N) is 1. The van der Waals surface area contributed by atoms with Crippen LogP contribution in [-0.4, -0.2) is 24.2 Å². The molecule has 0 bridgehead atoms. The molecule has 1 N–H and O–H groups in total. The van der Waals surface area contributed by atoms with Crippen molar-refractivity contribution in [2.24, 2.45) is 0 Å². The van der Waals surface area contributed by atoms with Gasteiger partial charge in [0.15, 0.2) is 5.11 Å². The van der Waals surface area contributed by atoms with Crippen molar-refractivity contribution in [2.45, 2.75) is 13.3 Å². The maximum Gasteiger partial charge on any atom is 0.250 e. The Morgan fingerprint density at radius 3 is 2.76 bits per heavy atom. The molecule has 128 valence electrons. The molecule has 0 aliphatic carbocycles. The maximum atomic E-state index is 12.1. The molecule has 0 unspecified atom stereocenters. The van der Waals surface area contributed by atoms with E-state index in [0.717, 1.165) is 30.0 Å². The van der Waals surface area contributed by atoms with Gasteiger partial charge in [-0.25, -0.2) is 0 Å². The summed E-state index contributed by atoms with van der Waals surface area (Å²) in [4.78, 5) is 14.1. The van der Waals surface area contributed by atoms with Crippen LogP contribution in [0.1, 0.15) is 18.1 Å². The predicted octanol–water partition coefficient (Wildman–Crippen LogP) is 3.56. The average molecular weight is 352 g/mol. The molecule has 0 atom stereocenters. The highest BCUT2D eigenvalue weighted by Crippen LogP contribution is 2.27. The molecule has 0 aromatic heterocycles. The highest BCUT2D eigenvalue weighted by atomic mass is 32.1. The summed E-state index contributed by atoms with van der Waals surface area (Å²) in [6.45, 7) is 3.37. The smallest absolute Gasteiger partial charge is 0.250 e. The van der Waals surface area contributed by atoms with Crippen molar-refractivity contribution in [3.63, 3.8) is 0 Å². The van der Waals surface area contributed by atoms with E-state index in [1.165, 1.54) is 11.6 Å². The fourth-order valence-electron chi connectivity index (χ4n) is 2.78. The van der Waals surface area contributed by atoms with Gasteiger partial charge in [0.2, 0.25) is 5.91 Å². The van der Waals surface area contributed by atoms with Crippen molar-refractivity contribution in [3.8, 4) is 5.75 Å². The van der Waals surface area contributed by atoms with Crippen molar-refractivity contribution in [1.29, 1.82) is 0 Å². The number of para-hydroxylation sites is 1. The zero-order valence-corrected chi connectivity index (χ0v) is 14.9. The van der Waals surface area contributed by atoms with Gasteiger partial charge in [-0.3, -0.25) is 10.1 Å². The number of ether oxygens (including phenoxy) is 1. The van der Waals surface area contributed by atoms with Crippen molar-refractivity contribution < 1.29 is 9.53 Å². The summed E-state index contributed by atoms with van der Waals surface area (Å²) < 4.78 is 5.40. The molecule has 0 fully saturated rings. The third-order valence-corrected chi connectivity index (χ3v) is 4.30. The van der Waals surface area contributed by atoms with E-state index in [2.05, 4.69) is 11.4 Å². The van der Waals surface area contributed by atoms with E-state index >= 15 is 0 Å². The molecule has 0 radical (unpaired) electrons. The molecule has 0 saturated heterocycles. The normalized spacial score (nSPS) is 12.9. The van der Waals surface area contributed by atoms with Crippen molar-refractivity contribution >= 4 is 35.0 Å². The van der Waals surface area contributed by atoms with Gasteiger partial charge in [0, 0.05) is 18.3 Å². The first-order valence-corrected chi connectivity index (χ1v) is 8.69. The third kappa shape index (κ3) is 4.25. The molecule has 1 aliphatic heterocycles. The van der Waals surface area contributed by atoms with E-state index in [-0.39, 0.29) is 5.91 Å². The van der Waals surface area contributed by atoms with Crippen LogP contribution in [0.25, 0.3) is 6.08 Å². The number of fused-ring (bicyclic) bond motifs is 1. The molecular weight excluding hydrogens is 332 g/mol. The first kappa shape index (κ1) is 17.2. The standard InChI is InChI=1S/C20H20N2O2S/c1-2-24-17-10-7-15(8-11-17)9-12-19(23)21-20(25)22-14-13-16-5-3-4-6-18(16)22/h3-12H,2,13-14H2,1H3,(H,21,23,25)/b12-9+.